The molecule has 0 fully saturated rings. The Kier molecular flexibility index (Phi) is 8.56. The maximum Gasteiger partial charge on any atom is 0.323 e. The molecule has 6 heteroatoms. The van der Waals surface area contributed by atoms with Gasteiger partial charge in [0.15, 0.2) is 8.30 Å². The van der Waals surface area contributed by atoms with Crippen molar-refractivity contribution < 1.29 is 18.8 Å². The Morgan fingerprint density at radius 1 is 1.15 bits per heavy atom. The summed E-state index contributed by atoms with van der Waals surface area (Å²) in [6, 6.07) is 10.0. The molecule has 0 radical (unpaired) electrons. The van der Waals surface area contributed by atoms with Crippen LogP contribution in [0.3, 0.4) is 0 Å². The fourth-order valence-electron chi connectivity index (χ4n) is 3.92. The zero-order valence-corrected chi connectivity index (χ0v) is 21.6. The van der Waals surface area contributed by atoms with E-state index < -0.39 is 14.3 Å². The van der Waals surface area contributed by atoms with Crippen molar-refractivity contribution in [3.63, 3.8) is 0 Å². The van der Waals surface area contributed by atoms with E-state index in [0.29, 0.717) is 5.76 Å². The van der Waals surface area contributed by atoms with Gasteiger partial charge >= 0.3 is 5.97 Å². The van der Waals surface area contributed by atoms with Gasteiger partial charge in [0.1, 0.15) is 23.3 Å². The molecule has 2 atom stereocenters. The molecule has 0 amide bonds. The molecule has 1 unspecified atom stereocenters. The summed E-state index contributed by atoms with van der Waals surface area (Å²) < 4.78 is 17.9. The van der Waals surface area contributed by atoms with E-state index in [4.69, 9.17) is 14.0 Å². The minimum Gasteiger partial charge on any atom is -0.462 e. The molecule has 2 aromatic carbocycles. The highest BCUT2D eigenvalue weighted by atomic mass is 31.2. The van der Waals surface area contributed by atoms with Crippen LogP contribution in [0.15, 0.2) is 36.9 Å². The van der Waals surface area contributed by atoms with Crippen LogP contribution in [0.1, 0.15) is 63.6 Å². The van der Waals surface area contributed by atoms with Crippen LogP contribution in [0.2, 0.25) is 0 Å². The van der Waals surface area contributed by atoms with Crippen LogP contribution in [0.25, 0.3) is 16.9 Å². The van der Waals surface area contributed by atoms with Crippen LogP contribution in [0.5, 0.6) is 11.5 Å². The van der Waals surface area contributed by atoms with E-state index in [-0.39, 0.29) is 12.1 Å². The molecular formula is C27H36NO4P. The van der Waals surface area contributed by atoms with Crippen LogP contribution in [-0.2, 0) is 16.0 Å². The molecule has 1 heterocycles. The Morgan fingerprint density at radius 2 is 1.91 bits per heavy atom. The predicted octanol–water partition coefficient (Wildman–Crippen LogP) is 7.01. The SMILES string of the molecule is C=C1Oc2cc(CCCCC)cc(OP(C)N[C@@H](C)C(=O)OC(C)C)c2-c2cc(C)ccc21. The number of benzene rings is 2. The number of nitrogens with one attached hydrogen (secondary N) is 1. The monoisotopic (exact) mass is 469 g/mol. The van der Waals surface area contributed by atoms with Gasteiger partial charge in [-0.2, -0.15) is 0 Å². The van der Waals surface area contributed by atoms with Crippen LogP contribution >= 0.6 is 8.30 Å². The summed E-state index contributed by atoms with van der Waals surface area (Å²) in [5.74, 6) is 1.91. The fraction of sp³-hybridized carbons (Fsp3) is 0.444. The highest BCUT2D eigenvalue weighted by Gasteiger charge is 2.27. The zero-order chi connectivity index (χ0) is 24.1. The first-order valence-electron chi connectivity index (χ1n) is 11.7. The first-order valence-corrected chi connectivity index (χ1v) is 13.4. The van der Waals surface area contributed by atoms with E-state index in [2.05, 4.69) is 49.8 Å². The number of rotatable bonds is 10. The van der Waals surface area contributed by atoms with Crippen molar-refractivity contribution >= 4 is 20.0 Å². The van der Waals surface area contributed by atoms with E-state index in [0.717, 1.165) is 46.6 Å². The number of ether oxygens (including phenoxy) is 2. The number of carbonyl (C=O) groups excluding carboxylic acids is 1. The Hall–Kier alpha value is -2.36. The van der Waals surface area contributed by atoms with Gasteiger partial charge in [-0.1, -0.05) is 50.1 Å². The summed E-state index contributed by atoms with van der Waals surface area (Å²) in [5, 5.41) is 3.27. The maximum atomic E-state index is 12.3. The van der Waals surface area contributed by atoms with Crippen molar-refractivity contribution in [2.45, 2.75) is 72.4 Å². The van der Waals surface area contributed by atoms with Crippen molar-refractivity contribution in [1.29, 1.82) is 0 Å². The van der Waals surface area contributed by atoms with Gasteiger partial charge in [-0.15, -0.1) is 0 Å². The third-order valence-electron chi connectivity index (χ3n) is 5.49. The van der Waals surface area contributed by atoms with Crippen LogP contribution in [0.4, 0.5) is 0 Å². The number of hydrogen-bond acceptors (Lipinski definition) is 5. The molecule has 1 aliphatic heterocycles. The fourth-order valence-corrected chi connectivity index (χ4v) is 5.06. The van der Waals surface area contributed by atoms with Gasteiger partial charge in [-0.05, 0) is 58.2 Å². The smallest absolute Gasteiger partial charge is 0.323 e. The van der Waals surface area contributed by atoms with E-state index in [1.807, 2.05) is 26.6 Å². The molecule has 0 bridgehead atoms. The van der Waals surface area contributed by atoms with Crippen LogP contribution < -0.4 is 14.3 Å². The highest BCUT2D eigenvalue weighted by Crippen LogP contribution is 2.50. The number of aryl methyl sites for hydroxylation is 2. The lowest BCUT2D eigenvalue weighted by atomic mass is 9.91. The van der Waals surface area contributed by atoms with E-state index >= 15 is 0 Å². The van der Waals surface area contributed by atoms with Gasteiger partial charge in [-0.25, -0.2) is 0 Å². The van der Waals surface area contributed by atoms with Crippen LogP contribution in [-0.4, -0.2) is 24.8 Å². The zero-order valence-electron chi connectivity index (χ0n) is 20.7. The molecule has 0 saturated carbocycles. The molecule has 0 aromatic heterocycles. The third-order valence-corrected chi connectivity index (χ3v) is 6.71. The summed E-state index contributed by atoms with van der Waals surface area (Å²) in [7, 11) is -1.13. The van der Waals surface area contributed by atoms with Crippen molar-refractivity contribution in [1.82, 2.24) is 5.09 Å². The molecule has 0 aliphatic carbocycles. The molecule has 33 heavy (non-hydrogen) atoms. The minimum atomic E-state index is -1.13. The second-order valence-corrected chi connectivity index (χ2v) is 10.4. The average molecular weight is 470 g/mol. The number of carbonyl (C=O) groups is 1. The Morgan fingerprint density at radius 3 is 2.61 bits per heavy atom. The molecular weight excluding hydrogens is 433 g/mol. The Labute approximate surface area is 199 Å². The molecule has 3 rings (SSSR count). The highest BCUT2D eigenvalue weighted by molar-refractivity contribution is 7.50. The van der Waals surface area contributed by atoms with E-state index in [1.54, 1.807) is 6.92 Å². The van der Waals surface area contributed by atoms with Crippen molar-refractivity contribution in [2.75, 3.05) is 6.66 Å². The summed E-state index contributed by atoms with van der Waals surface area (Å²) in [6.45, 7) is 15.9. The van der Waals surface area contributed by atoms with Gasteiger partial charge < -0.3 is 14.0 Å². The molecule has 1 aliphatic rings. The lowest BCUT2D eigenvalue weighted by Crippen LogP contribution is -2.34. The molecule has 178 valence electrons. The quantitative estimate of drug-likeness (QED) is 0.230. The van der Waals surface area contributed by atoms with E-state index in [9.17, 15) is 4.79 Å². The van der Waals surface area contributed by atoms with Crippen LogP contribution in [0, 0.1) is 6.92 Å². The average Bonchev–Trinajstić information content (AvgIpc) is 2.72. The third kappa shape index (κ3) is 6.37. The van der Waals surface area contributed by atoms with Crippen molar-refractivity contribution in [2.24, 2.45) is 0 Å². The molecule has 2 aromatic rings. The Balaban J connectivity index is 1.94. The summed E-state index contributed by atoms with van der Waals surface area (Å²) in [4.78, 5) is 12.3. The van der Waals surface area contributed by atoms with Gasteiger partial charge in [0.05, 0.1) is 11.7 Å². The first-order chi connectivity index (χ1) is 15.7. The van der Waals surface area contributed by atoms with Gasteiger partial charge in [-0.3, -0.25) is 9.88 Å². The molecule has 1 N–H and O–H groups in total. The van der Waals surface area contributed by atoms with Gasteiger partial charge in [0.2, 0.25) is 0 Å². The van der Waals surface area contributed by atoms with Gasteiger partial charge in [0.25, 0.3) is 0 Å². The normalized spacial score (nSPS) is 14.2. The molecule has 0 saturated heterocycles. The number of fused-ring (bicyclic) bond motifs is 3. The summed E-state index contributed by atoms with van der Waals surface area (Å²) >= 11 is 0. The summed E-state index contributed by atoms with van der Waals surface area (Å²) in [6.07, 6.45) is 4.27. The maximum absolute atomic E-state index is 12.3. The van der Waals surface area contributed by atoms with Crippen molar-refractivity contribution in [3.05, 3.63) is 53.6 Å². The lowest BCUT2D eigenvalue weighted by Gasteiger charge is -2.27. The summed E-state index contributed by atoms with van der Waals surface area (Å²) in [5.41, 5.74) is 5.31. The second kappa shape index (κ2) is 11.2. The van der Waals surface area contributed by atoms with Gasteiger partial charge in [0, 0.05) is 17.8 Å². The standard InChI is InChI=1S/C27H36NO4P/c1-8-9-10-11-21-15-24-26(23-14-18(4)12-13-22(23)20(6)31-24)25(16-21)32-33(7)28-19(5)27(29)30-17(2)3/h12-17,19,28H,6,8-11H2,1-5,7H3/t19-,33?/m0/s1. The van der Waals surface area contributed by atoms with E-state index in [1.165, 1.54) is 18.4 Å². The largest absolute Gasteiger partial charge is 0.462 e. The molecule has 0 spiro atoms. The van der Waals surface area contributed by atoms with Crippen molar-refractivity contribution in [3.8, 4) is 22.6 Å². The Bertz CT molecular complexity index is 1020. The topological polar surface area (TPSA) is 56.8 Å². The number of hydrogen-bond donors (Lipinski definition) is 1. The number of esters is 1. The minimum absolute atomic E-state index is 0.150. The lowest BCUT2D eigenvalue weighted by molar-refractivity contribution is -0.148. The molecule has 5 nitrogen and oxygen atoms in total. The first kappa shape index (κ1) is 25.3. The predicted molar refractivity (Wildman–Crippen MR) is 137 cm³/mol. The second-order valence-electron chi connectivity index (χ2n) is 8.92. The number of unbranched alkanes of at least 4 members (excludes halogenated alkanes) is 2.